The predicted molar refractivity (Wildman–Crippen MR) is 88.3 cm³/mol. The summed E-state index contributed by atoms with van der Waals surface area (Å²) < 4.78 is 7.60. The standard InChI is InChI=1S/C13H19Br2NO2.ClH/c1-3-11(8-17)16-7-9-5-10(14)6-12(15)13(9)18-4-2;/h5-6,11,16-17H,3-4,7-8H2,1-2H3;1H. The second-order valence-corrected chi connectivity index (χ2v) is 5.75. The molecule has 3 nitrogen and oxygen atoms in total. The highest BCUT2D eigenvalue weighted by Crippen LogP contribution is 2.33. The van der Waals surface area contributed by atoms with E-state index in [9.17, 15) is 5.11 Å². The summed E-state index contributed by atoms with van der Waals surface area (Å²) in [7, 11) is 0. The van der Waals surface area contributed by atoms with E-state index in [-0.39, 0.29) is 25.1 Å². The predicted octanol–water partition coefficient (Wildman–Crippen LogP) is 3.89. The molecule has 0 spiro atoms. The van der Waals surface area contributed by atoms with Crippen LogP contribution in [-0.2, 0) is 6.54 Å². The highest BCUT2D eigenvalue weighted by molar-refractivity contribution is 9.11. The summed E-state index contributed by atoms with van der Waals surface area (Å²) >= 11 is 6.98. The van der Waals surface area contributed by atoms with Gasteiger partial charge in [0.05, 0.1) is 17.7 Å². The van der Waals surface area contributed by atoms with E-state index in [0.717, 1.165) is 26.7 Å². The maximum Gasteiger partial charge on any atom is 0.138 e. The Kier molecular flexibility index (Phi) is 10.1. The van der Waals surface area contributed by atoms with Crippen molar-refractivity contribution >= 4 is 44.3 Å². The van der Waals surface area contributed by atoms with Crippen molar-refractivity contribution in [2.45, 2.75) is 32.9 Å². The van der Waals surface area contributed by atoms with Gasteiger partial charge in [0.1, 0.15) is 5.75 Å². The lowest BCUT2D eigenvalue weighted by atomic mass is 10.1. The van der Waals surface area contributed by atoms with Crippen LogP contribution in [0.2, 0.25) is 0 Å². The first-order valence-corrected chi connectivity index (χ1v) is 7.65. The van der Waals surface area contributed by atoms with Crippen LogP contribution in [0.15, 0.2) is 21.1 Å². The largest absolute Gasteiger partial charge is 0.492 e. The number of hydrogen-bond acceptors (Lipinski definition) is 3. The molecule has 0 amide bonds. The molecule has 0 aliphatic rings. The fraction of sp³-hybridized carbons (Fsp3) is 0.538. The van der Waals surface area contributed by atoms with Crippen molar-refractivity contribution in [3.8, 4) is 5.75 Å². The summed E-state index contributed by atoms with van der Waals surface area (Å²) in [6.07, 6.45) is 0.898. The van der Waals surface area contributed by atoms with Crippen molar-refractivity contribution < 1.29 is 9.84 Å². The van der Waals surface area contributed by atoms with E-state index in [4.69, 9.17) is 4.74 Å². The Morgan fingerprint density at radius 1 is 1.32 bits per heavy atom. The highest BCUT2D eigenvalue weighted by atomic mass is 79.9. The van der Waals surface area contributed by atoms with E-state index >= 15 is 0 Å². The lowest BCUT2D eigenvalue weighted by molar-refractivity contribution is 0.237. The van der Waals surface area contributed by atoms with Crippen molar-refractivity contribution in [1.29, 1.82) is 0 Å². The van der Waals surface area contributed by atoms with Gasteiger partial charge in [0.25, 0.3) is 0 Å². The fourth-order valence-electron chi connectivity index (χ4n) is 1.64. The molecule has 0 bridgehead atoms. The SMILES string of the molecule is CCOc1c(Br)cc(Br)cc1CNC(CC)CO.Cl. The summed E-state index contributed by atoms with van der Waals surface area (Å²) in [6, 6.07) is 4.13. The van der Waals surface area contributed by atoms with E-state index in [1.54, 1.807) is 0 Å². The number of benzene rings is 1. The third-order valence-corrected chi connectivity index (χ3v) is 3.72. The van der Waals surface area contributed by atoms with Gasteiger partial charge in [-0.1, -0.05) is 22.9 Å². The van der Waals surface area contributed by atoms with Crippen LogP contribution in [0.4, 0.5) is 0 Å². The van der Waals surface area contributed by atoms with Gasteiger partial charge in [0.2, 0.25) is 0 Å². The van der Waals surface area contributed by atoms with Gasteiger partial charge in [-0.25, -0.2) is 0 Å². The molecule has 1 atom stereocenters. The summed E-state index contributed by atoms with van der Waals surface area (Å²) in [5.41, 5.74) is 1.07. The molecule has 1 unspecified atom stereocenters. The van der Waals surface area contributed by atoms with E-state index in [1.807, 2.05) is 26.0 Å². The molecule has 0 aliphatic carbocycles. The maximum atomic E-state index is 9.17. The number of nitrogens with one attached hydrogen (secondary N) is 1. The lowest BCUT2D eigenvalue weighted by Gasteiger charge is -2.17. The normalized spacial score (nSPS) is 11.8. The average molecular weight is 418 g/mol. The number of aliphatic hydroxyl groups excluding tert-OH is 1. The second kappa shape index (κ2) is 10.00. The molecule has 1 aromatic rings. The summed E-state index contributed by atoms with van der Waals surface area (Å²) in [4.78, 5) is 0. The zero-order valence-corrected chi connectivity index (χ0v) is 15.1. The molecular weight excluding hydrogens is 397 g/mol. The van der Waals surface area contributed by atoms with E-state index in [1.165, 1.54) is 0 Å². The molecule has 110 valence electrons. The molecule has 1 aromatic carbocycles. The van der Waals surface area contributed by atoms with Crippen LogP contribution >= 0.6 is 44.3 Å². The third-order valence-electron chi connectivity index (χ3n) is 2.67. The van der Waals surface area contributed by atoms with Gasteiger partial charge in [0.15, 0.2) is 0 Å². The van der Waals surface area contributed by atoms with Gasteiger partial charge < -0.3 is 15.2 Å². The van der Waals surface area contributed by atoms with E-state index in [2.05, 4.69) is 37.2 Å². The molecule has 1 rings (SSSR count). The number of rotatable bonds is 7. The minimum absolute atomic E-state index is 0. The molecule has 6 heteroatoms. The first-order chi connectivity index (χ1) is 8.62. The lowest BCUT2D eigenvalue weighted by Crippen LogP contribution is -2.31. The van der Waals surface area contributed by atoms with Crippen molar-refractivity contribution in [3.63, 3.8) is 0 Å². The first kappa shape index (κ1) is 19.2. The van der Waals surface area contributed by atoms with E-state index in [0.29, 0.717) is 13.2 Å². The quantitative estimate of drug-likeness (QED) is 0.707. The van der Waals surface area contributed by atoms with Crippen molar-refractivity contribution in [3.05, 3.63) is 26.6 Å². The molecule has 0 aliphatic heterocycles. The van der Waals surface area contributed by atoms with Crippen LogP contribution in [-0.4, -0.2) is 24.4 Å². The molecule has 0 aromatic heterocycles. The smallest absolute Gasteiger partial charge is 0.138 e. The Bertz CT molecular complexity index is 387. The molecule has 19 heavy (non-hydrogen) atoms. The van der Waals surface area contributed by atoms with E-state index < -0.39 is 0 Å². The number of hydrogen-bond donors (Lipinski definition) is 2. The van der Waals surface area contributed by atoms with Crippen LogP contribution in [0.25, 0.3) is 0 Å². The zero-order valence-electron chi connectivity index (χ0n) is 11.1. The number of aliphatic hydroxyl groups is 1. The van der Waals surface area contributed by atoms with Crippen molar-refractivity contribution in [1.82, 2.24) is 5.32 Å². The Balaban J connectivity index is 0.00000324. The molecule has 2 N–H and O–H groups in total. The highest BCUT2D eigenvalue weighted by Gasteiger charge is 2.11. The fourth-order valence-corrected chi connectivity index (χ4v) is 3.07. The van der Waals surface area contributed by atoms with Gasteiger partial charge >= 0.3 is 0 Å². The molecule has 0 radical (unpaired) electrons. The van der Waals surface area contributed by atoms with Crippen molar-refractivity contribution in [2.75, 3.05) is 13.2 Å². The summed E-state index contributed by atoms with van der Waals surface area (Å²) in [5, 5.41) is 12.5. The summed E-state index contributed by atoms with van der Waals surface area (Å²) in [5.74, 6) is 0.862. The van der Waals surface area contributed by atoms with Gasteiger partial charge in [-0.3, -0.25) is 0 Å². The van der Waals surface area contributed by atoms with Gasteiger partial charge in [-0.15, -0.1) is 12.4 Å². The molecule has 0 heterocycles. The van der Waals surface area contributed by atoms with Crippen LogP contribution in [0, 0.1) is 0 Å². The molecular formula is C13H20Br2ClNO2. The number of halogens is 3. The van der Waals surface area contributed by atoms with Crippen LogP contribution in [0.3, 0.4) is 0 Å². The third kappa shape index (κ3) is 6.00. The zero-order chi connectivity index (χ0) is 13.5. The topological polar surface area (TPSA) is 41.5 Å². The average Bonchev–Trinajstić information content (AvgIpc) is 2.34. The van der Waals surface area contributed by atoms with Gasteiger partial charge in [-0.2, -0.15) is 0 Å². The second-order valence-electron chi connectivity index (χ2n) is 3.98. The molecule has 0 fully saturated rings. The van der Waals surface area contributed by atoms with Crippen LogP contribution in [0.1, 0.15) is 25.8 Å². The number of ether oxygens (including phenoxy) is 1. The summed E-state index contributed by atoms with van der Waals surface area (Å²) in [6.45, 7) is 5.47. The monoisotopic (exact) mass is 415 g/mol. The Morgan fingerprint density at radius 3 is 2.53 bits per heavy atom. The van der Waals surface area contributed by atoms with Gasteiger partial charge in [0, 0.05) is 22.6 Å². The minimum Gasteiger partial charge on any atom is -0.492 e. The van der Waals surface area contributed by atoms with Crippen molar-refractivity contribution in [2.24, 2.45) is 0 Å². The van der Waals surface area contributed by atoms with Crippen LogP contribution < -0.4 is 10.1 Å². The Hall–Kier alpha value is 0.190. The molecule has 0 saturated heterocycles. The molecule has 0 saturated carbocycles. The maximum absolute atomic E-state index is 9.17. The minimum atomic E-state index is 0. The Labute approximate surface area is 137 Å². The Morgan fingerprint density at radius 2 is 2.00 bits per heavy atom. The van der Waals surface area contributed by atoms with Gasteiger partial charge in [-0.05, 0) is 41.4 Å². The first-order valence-electron chi connectivity index (χ1n) is 6.07. The van der Waals surface area contributed by atoms with Crippen LogP contribution in [0.5, 0.6) is 5.75 Å².